The van der Waals surface area contributed by atoms with E-state index in [2.05, 4.69) is 33.9 Å². The zero-order valence-electron chi connectivity index (χ0n) is 18.5. The van der Waals surface area contributed by atoms with Crippen LogP contribution in [0.3, 0.4) is 0 Å². The van der Waals surface area contributed by atoms with Crippen molar-refractivity contribution < 1.29 is 4.79 Å². The van der Waals surface area contributed by atoms with Gasteiger partial charge in [0.05, 0.1) is 29.8 Å². The molecule has 0 aliphatic rings. The van der Waals surface area contributed by atoms with Gasteiger partial charge in [0.1, 0.15) is 0 Å². The van der Waals surface area contributed by atoms with E-state index in [1.165, 1.54) is 0 Å². The molecule has 0 fully saturated rings. The van der Waals surface area contributed by atoms with Crippen LogP contribution in [0.15, 0.2) is 97.6 Å². The highest BCUT2D eigenvalue weighted by atomic mass is 16.2. The van der Waals surface area contributed by atoms with Gasteiger partial charge in [0, 0.05) is 32.1 Å². The van der Waals surface area contributed by atoms with E-state index in [1.807, 2.05) is 73.1 Å². The van der Waals surface area contributed by atoms with Gasteiger partial charge < -0.3 is 9.80 Å². The predicted molar refractivity (Wildman–Crippen MR) is 129 cm³/mol. The van der Waals surface area contributed by atoms with E-state index in [4.69, 9.17) is 0 Å². The maximum atomic E-state index is 12.8. The number of nitrogens with zero attached hydrogens (tertiary/aromatic N) is 4. The number of carbonyl (C=O) groups excluding carboxylic acids is 1. The van der Waals surface area contributed by atoms with E-state index in [0.717, 1.165) is 28.1 Å². The van der Waals surface area contributed by atoms with Gasteiger partial charge in [-0.05, 0) is 60.0 Å². The summed E-state index contributed by atoms with van der Waals surface area (Å²) < 4.78 is 0. The highest BCUT2D eigenvalue weighted by Crippen LogP contribution is 2.38. The summed E-state index contributed by atoms with van der Waals surface area (Å²) in [5, 5.41) is 0. The monoisotopic (exact) mass is 422 g/mol. The SMILES string of the molecule is CC(c1cc(C(=O)N(C)C)ccc1-c1ccccc1)N(c1cccnc1)c1cccnc1. The number of carbonyl (C=O) groups is 1. The van der Waals surface area contributed by atoms with Gasteiger partial charge in [-0.3, -0.25) is 14.8 Å². The Morgan fingerprint density at radius 1 is 0.812 bits per heavy atom. The first kappa shape index (κ1) is 21.2. The molecule has 4 rings (SSSR count). The average molecular weight is 423 g/mol. The molecule has 2 aromatic heterocycles. The van der Waals surface area contributed by atoms with Gasteiger partial charge >= 0.3 is 0 Å². The fourth-order valence-electron chi connectivity index (χ4n) is 3.91. The number of amides is 1. The molecule has 0 spiro atoms. The Morgan fingerprint density at radius 2 is 1.44 bits per heavy atom. The van der Waals surface area contributed by atoms with E-state index in [-0.39, 0.29) is 11.9 Å². The number of hydrogen-bond donors (Lipinski definition) is 0. The van der Waals surface area contributed by atoms with Crippen LogP contribution in [0.5, 0.6) is 0 Å². The van der Waals surface area contributed by atoms with Crippen molar-refractivity contribution in [3.63, 3.8) is 0 Å². The lowest BCUT2D eigenvalue weighted by Crippen LogP contribution is -2.24. The van der Waals surface area contributed by atoms with Crippen LogP contribution in [0.2, 0.25) is 0 Å². The topological polar surface area (TPSA) is 49.3 Å². The Morgan fingerprint density at radius 3 is 1.97 bits per heavy atom. The molecule has 0 radical (unpaired) electrons. The van der Waals surface area contributed by atoms with Crippen LogP contribution in [0.4, 0.5) is 11.4 Å². The van der Waals surface area contributed by atoms with Crippen LogP contribution in [-0.4, -0.2) is 34.9 Å². The summed E-state index contributed by atoms with van der Waals surface area (Å²) in [5.41, 5.74) is 5.82. The van der Waals surface area contributed by atoms with Crippen molar-refractivity contribution in [2.45, 2.75) is 13.0 Å². The van der Waals surface area contributed by atoms with E-state index in [9.17, 15) is 4.79 Å². The van der Waals surface area contributed by atoms with Crippen molar-refractivity contribution >= 4 is 17.3 Å². The van der Waals surface area contributed by atoms with Crippen LogP contribution in [0.1, 0.15) is 28.9 Å². The van der Waals surface area contributed by atoms with Gasteiger partial charge in [-0.25, -0.2) is 0 Å². The third-order valence-electron chi connectivity index (χ3n) is 5.48. The summed E-state index contributed by atoms with van der Waals surface area (Å²) in [5.74, 6) is -0.0210. The molecule has 0 saturated carbocycles. The van der Waals surface area contributed by atoms with Gasteiger partial charge in [0.2, 0.25) is 0 Å². The second-order valence-corrected chi connectivity index (χ2v) is 7.84. The van der Waals surface area contributed by atoms with Crippen molar-refractivity contribution in [1.29, 1.82) is 0 Å². The molecule has 1 unspecified atom stereocenters. The first-order valence-electron chi connectivity index (χ1n) is 10.6. The highest BCUT2D eigenvalue weighted by molar-refractivity contribution is 5.95. The largest absolute Gasteiger partial charge is 0.345 e. The summed E-state index contributed by atoms with van der Waals surface area (Å²) in [4.78, 5) is 25.2. The number of benzene rings is 2. The molecular formula is C27H26N4O. The normalized spacial score (nSPS) is 11.6. The zero-order chi connectivity index (χ0) is 22.5. The van der Waals surface area contributed by atoms with Crippen LogP contribution in [0.25, 0.3) is 11.1 Å². The Kier molecular flexibility index (Phi) is 6.26. The second kappa shape index (κ2) is 9.43. The molecule has 0 saturated heterocycles. The van der Waals surface area contributed by atoms with Gasteiger partial charge in [-0.2, -0.15) is 0 Å². The molecule has 0 aliphatic heterocycles. The van der Waals surface area contributed by atoms with E-state index >= 15 is 0 Å². The van der Waals surface area contributed by atoms with E-state index in [0.29, 0.717) is 5.56 Å². The highest BCUT2D eigenvalue weighted by Gasteiger charge is 2.23. The van der Waals surface area contributed by atoms with E-state index in [1.54, 1.807) is 31.4 Å². The minimum atomic E-state index is -0.0893. The Labute approximate surface area is 189 Å². The van der Waals surface area contributed by atoms with E-state index < -0.39 is 0 Å². The fraction of sp³-hybridized carbons (Fsp3) is 0.148. The molecule has 0 N–H and O–H groups in total. The molecule has 1 atom stereocenters. The van der Waals surface area contributed by atoms with Crippen LogP contribution < -0.4 is 4.90 Å². The summed E-state index contributed by atoms with van der Waals surface area (Å²) >= 11 is 0. The molecule has 0 bridgehead atoms. The summed E-state index contributed by atoms with van der Waals surface area (Å²) in [7, 11) is 3.54. The zero-order valence-corrected chi connectivity index (χ0v) is 18.5. The van der Waals surface area contributed by atoms with Crippen molar-refractivity contribution in [3.8, 4) is 11.1 Å². The lowest BCUT2D eigenvalue weighted by Gasteiger charge is -2.33. The second-order valence-electron chi connectivity index (χ2n) is 7.84. The lowest BCUT2D eigenvalue weighted by molar-refractivity contribution is 0.0827. The third kappa shape index (κ3) is 4.37. The minimum absolute atomic E-state index is 0.0210. The van der Waals surface area contributed by atoms with Crippen LogP contribution >= 0.6 is 0 Å². The van der Waals surface area contributed by atoms with Gasteiger partial charge in [-0.1, -0.05) is 36.4 Å². The molecule has 5 heteroatoms. The van der Waals surface area contributed by atoms with Crippen molar-refractivity contribution in [1.82, 2.24) is 14.9 Å². The smallest absolute Gasteiger partial charge is 0.253 e. The average Bonchev–Trinajstić information content (AvgIpc) is 2.85. The number of anilines is 2. The predicted octanol–water partition coefficient (Wildman–Crippen LogP) is 5.74. The first-order chi connectivity index (χ1) is 15.6. The Hall–Kier alpha value is -3.99. The van der Waals surface area contributed by atoms with Crippen molar-refractivity contribution in [3.05, 3.63) is 109 Å². The molecule has 2 heterocycles. The standard InChI is InChI=1S/C27H26N4O/c1-20(31(23-11-7-15-28-18-23)24-12-8-16-29-19-24)26-17-22(27(32)30(2)3)13-14-25(26)21-9-5-4-6-10-21/h4-20H,1-3H3. The van der Waals surface area contributed by atoms with Crippen molar-refractivity contribution in [2.75, 3.05) is 19.0 Å². The van der Waals surface area contributed by atoms with Crippen LogP contribution in [-0.2, 0) is 0 Å². The number of pyridine rings is 2. The molecule has 4 aromatic rings. The first-order valence-corrected chi connectivity index (χ1v) is 10.6. The van der Waals surface area contributed by atoms with Crippen molar-refractivity contribution in [2.24, 2.45) is 0 Å². The fourth-order valence-corrected chi connectivity index (χ4v) is 3.91. The molecule has 32 heavy (non-hydrogen) atoms. The molecular weight excluding hydrogens is 396 g/mol. The van der Waals surface area contributed by atoms with Gasteiger partial charge in [-0.15, -0.1) is 0 Å². The quantitative estimate of drug-likeness (QED) is 0.397. The third-order valence-corrected chi connectivity index (χ3v) is 5.48. The molecule has 1 amide bonds. The lowest BCUT2D eigenvalue weighted by atomic mass is 9.92. The minimum Gasteiger partial charge on any atom is -0.345 e. The van der Waals surface area contributed by atoms with Crippen LogP contribution in [0, 0.1) is 0 Å². The molecule has 2 aromatic carbocycles. The Balaban J connectivity index is 1.90. The Bertz CT molecular complexity index is 1140. The van der Waals surface area contributed by atoms with Gasteiger partial charge in [0.25, 0.3) is 5.91 Å². The number of rotatable bonds is 6. The molecule has 5 nitrogen and oxygen atoms in total. The summed E-state index contributed by atoms with van der Waals surface area (Å²) in [6.45, 7) is 2.14. The number of aromatic nitrogens is 2. The number of hydrogen-bond acceptors (Lipinski definition) is 4. The van der Waals surface area contributed by atoms with Gasteiger partial charge in [0.15, 0.2) is 0 Å². The maximum absolute atomic E-state index is 12.8. The maximum Gasteiger partial charge on any atom is 0.253 e. The summed E-state index contributed by atoms with van der Waals surface area (Å²) in [6, 6.07) is 24.0. The molecule has 160 valence electrons. The summed E-state index contributed by atoms with van der Waals surface area (Å²) in [6.07, 6.45) is 7.23. The molecule has 0 aliphatic carbocycles.